The fraction of sp³-hybridized carbons (Fsp3) is 0.882. The first-order valence-electron chi connectivity index (χ1n) is 8.51. The van der Waals surface area contributed by atoms with Crippen LogP contribution in [-0.4, -0.2) is 23.3 Å². The lowest BCUT2D eigenvalue weighted by molar-refractivity contribution is -0.163. The van der Waals surface area contributed by atoms with E-state index in [1.54, 1.807) is 4.90 Å². The van der Waals surface area contributed by atoms with Gasteiger partial charge in [0.25, 0.3) is 0 Å². The Morgan fingerprint density at radius 2 is 1.55 bits per heavy atom. The van der Waals surface area contributed by atoms with Gasteiger partial charge in [-0.3, -0.25) is 14.5 Å². The summed E-state index contributed by atoms with van der Waals surface area (Å²) in [5.74, 6) is 2.62. The molecular weight excluding hydrogens is 250 g/mol. The van der Waals surface area contributed by atoms with Crippen LogP contribution in [0.4, 0.5) is 0 Å². The van der Waals surface area contributed by atoms with Crippen molar-refractivity contribution >= 4 is 11.8 Å². The second-order valence-electron chi connectivity index (χ2n) is 7.86. The summed E-state index contributed by atoms with van der Waals surface area (Å²) in [5, 5.41) is 0. The zero-order valence-electron chi connectivity index (χ0n) is 12.3. The Hall–Kier alpha value is -0.860. The van der Waals surface area contributed by atoms with Crippen LogP contribution in [0.5, 0.6) is 0 Å². The SMILES string of the molecule is O=C1CCCCCN1C(=O)C12CC3CC(CC(C3)C1)C2. The van der Waals surface area contributed by atoms with Crippen LogP contribution in [0, 0.1) is 23.2 Å². The topological polar surface area (TPSA) is 37.4 Å². The van der Waals surface area contributed by atoms with Gasteiger partial charge in [0.1, 0.15) is 0 Å². The average Bonchev–Trinajstić information content (AvgIpc) is 2.61. The molecule has 5 aliphatic rings. The van der Waals surface area contributed by atoms with Gasteiger partial charge in [-0.05, 0) is 69.1 Å². The van der Waals surface area contributed by atoms with Gasteiger partial charge in [0.05, 0.1) is 5.41 Å². The summed E-state index contributed by atoms with van der Waals surface area (Å²) in [6.07, 6.45) is 10.9. The Labute approximate surface area is 121 Å². The minimum absolute atomic E-state index is 0.100. The third-order valence-electron chi connectivity index (χ3n) is 6.31. The number of amides is 2. The molecule has 0 aromatic heterocycles. The lowest BCUT2D eigenvalue weighted by Gasteiger charge is -2.56. The van der Waals surface area contributed by atoms with Crippen LogP contribution in [-0.2, 0) is 9.59 Å². The van der Waals surface area contributed by atoms with Crippen LogP contribution in [0.15, 0.2) is 0 Å². The van der Waals surface area contributed by atoms with E-state index in [1.165, 1.54) is 19.3 Å². The van der Waals surface area contributed by atoms with Gasteiger partial charge in [0.15, 0.2) is 0 Å². The highest BCUT2D eigenvalue weighted by Gasteiger charge is 2.56. The van der Waals surface area contributed by atoms with Gasteiger partial charge in [0, 0.05) is 13.0 Å². The fourth-order valence-electron chi connectivity index (χ4n) is 5.86. The number of nitrogens with zero attached hydrogens (tertiary/aromatic N) is 1. The number of imide groups is 1. The zero-order valence-corrected chi connectivity index (χ0v) is 12.3. The molecule has 5 rings (SSSR count). The van der Waals surface area contributed by atoms with Crippen molar-refractivity contribution in [2.75, 3.05) is 6.54 Å². The molecule has 0 N–H and O–H groups in total. The molecule has 4 saturated carbocycles. The maximum absolute atomic E-state index is 13.1. The Kier molecular flexibility index (Phi) is 2.94. The van der Waals surface area contributed by atoms with Crippen molar-refractivity contribution in [2.24, 2.45) is 23.2 Å². The second kappa shape index (κ2) is 4.57. The van der Waals surface area contributed by atoms with Gasteiger partial charge < -0.3 is 0 Å². The van der Waals surface area contributed by atoms with Gasteiger partial charge in [-0.2, -0.15) is 0 Å². The van der Waals surface area contributed by atoms with Crippen molar-refractivity contribution in [3.8, 4) is 0 Å². The quantitative estimate of drug-likeness (QED) is 0.689. The molecule has 1 heterocycles. The molecule has 4 aliphatic carbocycles. The number of carbonyl (C=O) groups excluding carboxylic acids is 2. The van der Waals surface area contributed by atoms with Gasteiger partial charge in [-0.15, -0.1) is 0 Å². The van der Waals surface area contributed by atoms with Crippen LogP contribution in [0.3, 0.4) is 0 Å². The van der Waals surface area contributed by atoms with E-state index >= 15 is 0 Å². The zero-order chi connectivity index (χ0) is 13.7. The maximum atomic E-state index is 13.1. The van der Waals surface area contributed by atoms with E-state index in [0.717, 1.165) is 56.3 Å². The van der Waals surface area contributed by atoms with E-state index in [-0.39, 0.29) is 17.2 Å². The summed E-state index contributed by atoms with van der Waals surface area (Å²) >= 11 is 0. The molecule has 1 aliphatic heterocycles. The molecule has 5 fully saturated rings. The molecule has 3 nitrogen and oxygen atoms in total. The van der Waals surface area contributed by atoms with E-state index in [0.29, 0.717) is 13.0 Å². The fourth-order valence-corrected chi connectivity index (χ4v) is 5.86. The molecule has 110 valence electrons. The van der Waals surface area contributed by atoms with E-state index in [1.807, 2.05) is 0 Å². The van der Waals surface area contributed by atoms with E-state index in [4.69, 9.17) is 0 Å². The highest BCUT2D eigenvalue weighted by molar-refractivity contribution is 5.98. The van der Waals surface area contributed by atoms with Gasteiger partial charge in [-0.25, -0.2) is 0 Å². The van der Waals surface area contributed by atoms with Gasteiger partial charge >= 0.3 is 0 Å². The minimum atomic E-state index is -0.144. The third-order valence-corrected chi connectivity index (χ3v) is 6.31. The molecule has 0 radical (unpaired) electrons. The highest BCUT2D eigenvalue weighted by Crippen LogP contribution is 2.60. The number of carbonyl (C=O) groups is 2. The van der Waals surface area contributed by atoms with E-state index in [9.17, 15) is 9.59 Å². The van der Waals surface area contributed by atoms with Crippen LogP contribution < -0.4 is 0 Å². The predicted octanol–water partition coefficient (Wildman–Crippen LogP) is 3.13. The number of hydrogen-bond acceptors (Lipinski definition) is 2. The van der Waals surface area contributed by atoms with Crippen LogP contribution in [0.1, 0.15) is 64.2 Å². The highest BCUT2D eigenvalue weighted by atomic mass is 16.2. The first kappa shape index (κ1) is 12.8. The Bertz CT molecular complexity index is 407. The second-order valence-corrected chi connectivity index (χ2v) is 7.86. The van der Waals surface area contributed by atoms with Crippen molar-refractivity contribution in [2.45, 2.75) is 64.2 Å². The van der Waals surface area contributed by atoms with Crippen molar-refractivity contribution in [1.82, 2.24) is 4.90 Å². The summed E-state index contributed by atoms with van der Waals surface area (Å²) in [6.45, 7) is 0.680. The normalized spacial score (nSPS) is 43.7. The summed E-state index contributed by atoms with van der Waals surface area (Å²) in [7, 11) is 0. The molecule has 0 atom stereocenters. The first-order valence-corrected chi connectivity index (χ1v) is 8.51. The monoisotopic (exact) mass is 275 g/mol. The molecule has 2 amide bonds. The number of likely N-dealkylation sites (tertiary alicyclic amines) is 1. The molecule has 0 aromatic carbocycles. The largest absolute Gasteiger partial charge is 0.282 e. The summed E-state index contributed by atoms with van der Waals surface area (Å²) in [5.41, 5.74) is -0.144. The summed E-state index contributed by atoms with van der Waals surface area (Å²) < 4.78 is 0. The van der Waals surface area contributed by atoms with Crippen LogP contribution in [0.25, 0.3) is 0 Å². The van der Waals surface area contributed by atoms with Gasteiger partial charge in [-0.1, -0.05) is 6.42 Å². The van der Waals surface area contributed by atoms with E-state index in [2.05, 4.69) is 0 Å². The molecule has 1 saturated heterocycles. The van der Waals surface area contributed by atoms with E-state index < -0.39 is 0 Å². The predicted molar refractivity (Wildman–Crippen MR) is 75.8 cm³/mol. The lowest BCUT2D eigenvalue weighted by atomic mass is 9.49. The molecule has 4 bridgehead atoms. The van der Waals surface area contributed by atoms with Gasteiger partial charge in [0.2, 0.25) is 11.8 Å². The molecule has 3 heteroatoms. The molecule has 0 spiro atoms. The minimum Gasteiger partial charge on any atom is -0.282 e. The van der Waals surface area contributed by atoms with Crippen molar-refractivity contribution in [3.63, 3.8) is 0 Å². The molecule has 20 heavy (non-hydrogen) atoms. The third kappa shape index (κ3) is 1.93. The van der Waals surface area contributed by atoms with Crippen LogP contribution in [0.2, 0.25) is 0 Å². The maximum Gasteiger partial charge on any atom is 0.235 e. The summed E-state index contributed by atoms with van der Waals surface area (Å²) in [6, 6.07) is 0. The molecule has 0 aromatic rings. The lowest BCUT2D eigenvalue weighted by Crippen LogP contribution is -2.55. The van der Waals surface area contributed by atoms with Crippen molar-refractivity contribution in [3.05, 3.63) is 0 Å². The smallest absolute Gasteiger partial charge is 0.235 e. The van der Waals surface area contributed by atoms with Crippen molar-refractivity contribution in [1.29, 1.82) is 0 Å². The Morgan fingerprint density at radius 3 is 2.15 bits per heavy atom. The number of hydrogen-bond donors (Lipinski definition) is 0. The Morgan fingerprint density at radius 1 is 0.950 bits per heavy atom. The first-order chi connectivity index (χ1) is 9.66. The molecule has 0 unspecified atom stereocenters. The average molecular weight is 275 g/mol. The molecular formula is C17H25NO2. The van der Waals surface area contributed by atoms with Crippen molar-refractivity contribution < 1.29 is 9.59 Å². The van der Waals surface area contributed by atoms with Crippen LogP contribution >= 0.6 is 0 Å². The number of rotatable bonds is 1. The summed E-state index contributed by atoms with van der Waals surface area (Å²) in [4.78, 5) is 27.0. The Balaban J connectivity index is 1.59. The standard InChI is InChI=1S/C17H25NO2/c19-15-4-2-1-3-5-18(15)16(20)17-9-12-6-13(10-17)8-14(7-12)11-17/h12-14H,1-11H2.